The zero-order valence-electron chi connectivity index (χ0n) is 19.6. The maximum atomic E-state index is 12.8. The fourth-order valence-corrected chi connectivity index (χ4v) is 4.53. The molecule has 0 saturated carbocycles. The van der Waals surface area contributed by atoms with Crippen molar-refractivity contribution >= 4 is 52.2 Å². The molecule has 3 aromatic carbocycles. The Morgan fingerprint density at radius 3 is 2.68 bits per heavy atom. The second-order valence-corrected chi connectivity index (χ2v) is 9.22. The summed E-state index contributed by atoms with van der Waals surface area (Å²) < 4.78 is 11.3. The van der Waals surface area contributed by atoms with Gasteiger partial charge in [-0.15, -0.1) is 0 Å². The van der Waals surface area contributed by atoms with Crippen LogP contribution in [0.5, 0.6) is 11.5 Å². The van der Waals surface area contributed by atoms with Gasteiger partial charge in [0, 0.05) is 16.3 Å². The number of rotatable bonds is 8. The lowest BCUT2D eigenvalue weighted by molar-refractivity contribution is -0.127. The summed E-state index contributed by atoms with van der Waals surface area (Å²) in [4.78, 5) is 38.7. The van der Waals surface area contributed by atoms with Crippen molar-refractivity contribution in [2.24, 2.45) is 0 Å². The number of benzene rings is 3. The summed E-state index contributed by atoms with van der Waals surface area (Å²) in [5.41, 5.74) is 2.33. The number of carbonyl (C=O) groups is 3. The molecule has 1 N–H and O–H groups in total. The number of halogens is 1. The smallest absolute Gasteiger partial charge is 0.294 e. The molecule has 1 fully saturated rings. The summed E-state index contributed by atoms with van der Waals surface area (Å²) in [6.07, 6.45) is 1.55. The molecule has 0 radical (unpaired) electrons. The number of thioether (sulfide) groups is 1. The minimum atomic E-state index is -0.566. The van der Waals surface area contributed by atoms with Gasteiger partial charge in [0.25, 0.3) is 11.1 Å². The van der Waals surface area contributed by atoms with Crippen LogP contribution >= 0.6 is 23.4 Å². The lowest BCUT2D eigenvalue weighted by atomic mass is 10.1. The van der Waals surface area contributed by atoms with Gasteiger partial charge in [0.05, 0.1) is 23.6 Å². The largest absolute Gasteiger partial charge is 0.493 e. The van der Waals surface area contributed by atoms with E-state index < -0.39 is 23.6 Å². The first kappa shape index (κ1) is 25.8. The Labute approximate surface area is 222 Å². The van der Waals surface area contributed by atoms with Gasteiger partial charge in [-0.3, -0.25) is 19.3 Å². The zero-order chi connectivity index (χ0) is 26.4. The number of hydrogen-bond acceptors (Lipinski definition) is 7. The molecule has 1 aliphatic rings. The highest BCUT2D eigenvalue weighted by molar-refractivity contribution is 8.18. The molecular formula is C27H20ClN3O5S. The maximum absolute atomic E-state index is 12.8. The van der Waals surface area contributed by atoms with Crippen LogP contribution < -0.4 is 14.8 Å². The van der Waals surface area contributed by atoms with Crippen molar-refractivity contribution in [3.05, 3.63) is 93.3 Å². The molecule has 0 atom stereocenters. The number of imide groups is 1. The van der Waals surface area contributed by atoms with Gasteiger partial charge in [0.2, 0.25) is 5.91 Å². The van der Waals surface area contributed by atoms with E-state index in [-0.39, 0.29) is 11.5 Å². The monoisotopic (exact) mass is 533 g/mol. The molecular weight excluding hydrogens is 514 g/mol. The molecule has 4 rings (SSSR count). The van der Waals surface area contributed by atoms with Crippen LogP contribution in [0, 0.1) is 11.3 Å². The van der Waals surface area contributed by atoms with Crippen molar-refractivity contribution in [2.45, 2.75) is 6.61 Å². The Morgan fingerprint density at radius 1 is 1.11 bits per heavy atom. The number of hydrogen-bond donors (Lipinski definition) is 1. The minimum absolute atomic E-state index is 0.176. The Balaban J connectivity index is 1.44. The second kappa shape index (κ2) is 11.6. The third-order valence-corrected chi connectivity index (χ3v) is 6.43. The zero-order valence-corrected chi connectivity index (χ0v) is 21.1. The van der Waals surface area contributed by atoms with E-state index in [0.29, 0.717) is 33.3 Å². The third kappa shape index (κ3) is 6.30. The topological polar surface area (TPSA) is 109 Å². The first-order valence-electron chi connectivity index (χ1n) is 11.0. The SMILES string of the molecule is COc1cc(/C=C2\SC(=O)N(CC(=O)Nc3cccc(Cl)c3)C2=O)ccc1OCc1ccccc1C#N. The van der Waals surface area contributed by atoms with Crippen molar-refractivity contribution in [2.75, 3.05) is 19.0 Å². The van der Waals surface area contributed by atoms with Crippen LogP contribution in [-0.4, -0.2) is 35.6 Å². The van der Waals surface area contributed by atoms with Crippen molar-refractivity contribution in [1.29, 1.82) is 5.26 Å². The maximum Gasteiger partial charge on any atom is 0.294 e. The van der Waals surface area contributed by atoms with E-state index >= 15 is 0 Å². The van der Waals surface area contributed by atoms with Crippen molar-refractivity contribution < 1.29 is 23.9 Å². The summed E-state index contributed by atoms with van der Waals surface area (Å²) in [6.45, 7) is -0.246. The molecule has 1 heterocycles. The highest BCUT2D eigenvalue weighted by Gasteiger charge is 2.36. The summed E-state index contributed by atoms with van der Waals surface area (Å²) >= 11 is 6.67. The fourth-order valence-electron chi connectivity index (χ4n) is 3.50. The average molecular weight is 534 g/mol. The molecule has 0 unspecified atom stereocenters. The van der Waals surface area contributed by atoms with Crippen LogP contribution in [0.15, 0.2) is 71.6 Å². The normalized spacial score (nSPS) is 14.0. The number of nitrogens with one attached hydrogen (secondary N) is 1. The quantitative estimate of drug-likeness (QED) is 0.382. The lowest BCUT2D eigenvalue weighted by Crippen LogP contribution is -2.36. The molecule has 1 saturated heterocycles. The predicted molar refractivity (Wildman–Crippen MR) is 141 cm³/mol. The van der Waals surface area contributed by atoms with Crippen LogP contribution in [0.1, 0.15) is 16.7 Å². The molecule has 37 heavy (non-hydrogen) atoms. The number of nitrogens with zero attached hydrogens (tertiary/aromatic N) is 2. The van der Waals surface area contributed by atoms with Crippen molar-refractivity contribution in [1.82, 2.24) is 4.90 Å². The van der Waals surface area contributed by atoms with Gasteiger partial charge >= 0.3 is 0 Å². The molecule has 3 amide bonds. The standard InChI is InChI=1S/C27H20ClN3O5S/c1-35-23-11-17(9-10-22(23)36-16-19-6-3-2-5-18(19)14-29)12-24-26(33)31(27(34)37-24)15-25(32)30-21-8-4-7-20(28)13-21/h2-13H,15-16H2,1H3,(H,30,32)/b24-12-. The fraction of sp³-hybridized carbons (Fsp3) is 0.111. The molecule has 0 aromatic heterocycles. The number of anilines is 1. The van der Waals surface area contributed by atoms with Gasteiger partial charge < -0.3 is 14.8 Å². The van der Waals surface area contributed by atoms with E-state index in [1.165, 1.54) is 7.11 Å². The Hall–Kier alpha value is -4.26. The molecule has 0 aliphatic carbocycles. The number of methoxy groups -OCH3 is 1. The van der Waals surface area contributed by atoms with E-state index in [1.807, 2.05) is 12.1 Å². The summed E-state index contributed by atoms with van der Waals surface area (Å²) in [6, 6.07) is 20.9. The van der Waals surface area contributed by atoms with E-state index in [9.17, 15) is 19.6 Å². The molecule has 10 heteroatoms. The highest BCUT2D eigenvalue weighted by Crippen LogP contribution is 2.35. The number of amides is 3. The van der Waals surface area contributed by atoms with Crippen LogP contribution in [0.3, 0.4) is 0 Å². The van der Waals surface area contributed by atoms with E-state index in [1.54, 1.807) is 60.7 Å². The van der Waals surface area contributed by atoms with Gasteiger partial charge in [-0.25, -0.2) is 0 Å². The molecule has 1 aliphatic heterocycles. The predicted octanol–water partition coefficient (Wildman–Crippen LogP) is 5.47. The first-order valence-corrected chi connectivity index (χ1v) is 12.2. The Morgan fingerprint density at radius 2 is 1.92 bits per heavy atom. The first-order chi connectivity index (χ1) is 17.9. The summed E-state index contributed by atoms with van der Waals surface area (Å²) in [7, 11) is 1.49. The van der Waals surface area contributed by atoms with Gasteiger partial charge in [-0.2, -0.15) is 5.26 Å². The number of carbonyl (C=O) groups excluding carboxylic acids is 3. The minimum Gasteiger partial charge on any atom is -0.493 e. The third-order valence-electron chi connectivity index (χ3n) is 5.29. The van der Waals surface area contributed by atoms with Gasteiger partial charge in [-0.05, 0) is 59.8 Å². The highest BCUT2D eigenvalue weighted by atomic mass is 35.5. The Kier molecular flexibility index (Phi) is 8.13. The summed E-state index contributed by atoms with van der Waals surface area (Å²) in [5.74, 6) is -0.211. The Bertz CT molecular complexity index is 1450. The second-order valence-electron chi connectivity index (χ2n) is 7.79. The van der Waals surface area contributed by atoms with Gasteiger partial charge in [-0.1, -0.05) is 41.9 Å². The summed E-state index contributed by atoms with van der Waals surface area (Å²) in [5, 5.41) is 11.8. The van der Waals surface area contributed by atoms with Gasteiger partial charge in [0.15, 0.2) is 11.5 Å². The number of ether oxygens (including phenoxy) is 2. The molecule has 0 spiro atoms. The molecule has 3 aromatic rings. The molecule has 186 valence electrons. The van der Waals surface area contributed by atoms with Gasteiger partial charge in [0.1, 0.15) is 13.2 Å². The lowest BCUT2D eigenvalue weighted by Gasteiger charge is -2.13. The number of nitriles is 1. The van der Waals surface area contributed by atoms with Crippen LogP contribution in [0.25, 0.3) is 6.08 Å². The van der Waals surface area contributed by atoms with Crippen LogP contribution in [0.2, 0.25) is 5.02 Å². The van der Waals surface area contributed by atoms with E-state index in [0.717, 1.165) is 22.2 Å². The van der Waals surface area contributed by atoms with E-state index in [2.05, 4.69) is 11.4 Å². The van der Waals surface area contributed by atoms with Crippen molar-refractivity contribution in [3.63, 3.8) is 0 Å². The molecule has 0 bridgehead atoms. The van der Waals surface area contributed by atoms with E-state index in [4.69, 9.17) is 21.1 Å². The van der Waals surface area contributed by atoms with Crippen LogP contribution in [0.4, 0.5) is 10.5 Å². The van der Waals surface area contributed by atoms with Crippen LogP contribution in [-0.2, 0) is 16.2 Å². The average Bonchev–Trinajstić information content (AvgIpc) is 3.15. The van der Waals surface area contributed by atoms with Crippen molar-refractivity contribution in [3.8, 4) is 17.6 Å². The molecule has 8 nitrogen and oxygen atoms in total.